The number of nitrogens with one attached hydrogen (secondary N) is 1. The van der Waals surface area contributed by atoms with E-state index < -0.39 is 0 Å². The fourth-order valence-corrected chi connectivity index (χ4v) is 2.89. The highest BCUT2D eigenvalue weighted by Crippen LogP contribution is 2.17. The second kappa shape index (κ2) is 5.89. The number of hydrogen-bond donors (Lipinski definition) is 1. The molecule has 1 saturated heterocycles. The molecular weight excluding hydrogens is 255 g/mol. The van der Waals surface area contributed by atoms with Gasteiger partial charge in [-0.2, -0.15) is 0 Å². The van der Waals surface area contributed by atoms with Gasteiger partial charge in [-0.1, -0.05) is 18.2 Å². The van der Waals surface area contributed by atoms with Crippen LogP contribution in [-0.4, -0.2) is 61.4 Å². The number of rotatable bonds is 3. The molecule has 0 saturated carbocycles. The Morgan fingerprint density at radius 1 is 1.35 bits per heavy atom. The summed E-state index contributed by atoms with van der Waals surface area (Å²) in [7, 11) is 2.13. The highest BCUT2D eigenvalue weighted by Gasteiger charge is 2.30. The molecule has 0 aliphatic carbocycles. The third kappa shape index (κ3) is 2.83. The van der Waals surface area contributed by atoms with Crippen LogP contribution < -0.4 is 5.32 Å². The molecule has 2 heterocycles. The van der Waals surface area contributed by atoms with E-state index >= 15 is 0 Å². The predicted octanol–water partition coefficient (Wildman–Crippen LogP) is 0.943. The van der Waals surface area contributed by atoms with E-state index in [-0.39, 0.29) is 11.9 Å². The lowest BCUT2D eigenvalue weighted by atomic mass is 10.1. The van der Waals surface area contributed by atoms with Gasteiger partial charge in [-0.15, -0.1) is 0 Å². The molecule has 3 rings (SSSR count). The summed E-state index contributed by atoms with van der Waals surface area (Å²) >= 11 is 0. The standard InChI is InChI=1S/C15H21FN4/c1-19-8-9-20(10-12-4-2-3-5-13(12)16)14(11-19)15-17-6-7-18-15/h2-5,14H,6-11H2,1H3,(H,17,18). The third-order valence-electron chi connectivity index (χ3n) is 4.04. The van der Waals surface area contributed by atoms with Crippen LogP contribution in [0, 0.1) is 5.82 Å². The highest BCUT2D eigenvalue weighted by atomic mass is 19.1. The zero-order chi connectivity index (χ0) is 13.9. The minimum Gasteiger partial charge on any atom is -0.371 e. The second-order valence-corrected chi connectivity index (χ2v) is 5.53. The topological polar surface area (TPSA) is 30.9 Å². The van der Waals surface area contributed by atoms with Gasteiger partial charge in [0, 0.05) is 38.3 Å². The molecule has 0 spiro atoms. The monoisotopic (exact) mass is 276 g/mol. The number of halogens is 1. The number of aliphatic imine (C=N–C) groups is 1. The van der Waals surface area contributed by atoms with Crippen LogP contribution in [-0.2, 0) is 6.54 Å². The maximum absolute atomic E-state index is 13.8. The maximum atomic E-state index is 13.8. The number of benzene rings is 1. The van der Waals surface area contributed by atoms with Crippen LogP contribution in [0.15, 0.2) is 29.3 Å². The van der Waals surface area contributed by atoms with Gasteiger partial charge < -0.3 is 10.2 Å². The van der Waals surface area contributed by atoms with E-state index in [1.54, 1.807) is 6.07 Å². The van der Waals surface area contributed by atoms with Crippen molar-refractivity contribution in [3.63, 3.8) is 0 Å². The summed E-state index contributed by atoms with van der Waals surface area (Å²) in [6.45, 7) is 5.31. The molecular formula is C15H21FN4. The molecule has 1 atom stereocenters. The molecule has 0 bridgehead atoms. The van der Waals surface area contributed by atoms with E-state index in [1.165, 1.54) is 6.07 Å². The molecule has 4 nitrogen and oxygen atoms in total. The number of likely N-dealkylation sites (N-methyl/N-ethyl adjacent to an activating group) is 1. The van der Waals surface area contributed by atoms with Gasteiger partial charge in [0.15, 0.2) is 0 Å². The maximum Gasteiger partial charge on any atom is 0.127 e. The lowest BCUT2D eigenvalue weighted by molar-refractivity contribution is 0.116. The molecule has 1 unspecified atom stereocenters. The summed E-state index contributed by atoms with van der Waals surface area (Å²) < 4.78 is 13.8. The third-order valence-corrected chi connectivity index (χ3v) is 4.04. The van der Waals surface area contributed by atoms with Crippen LogP contribution in [0.4, 0.5) is 4.39 Å². The zero-order valence-corrected chi connectivity index (χ0v) is 11.8. The SMILES string of the molecule is CN1CCN(Cc2ccccc2F)C(C2=NCCN2)C1. The Labute approximate surface area is 119 Å². The number of nitrogens with zero attached hydrogens (tertiary/aromatic N) is 3. The smallest absolute Gasteiger partial charge is 0.127 e. The summed E-state index contributed by atoms with van der Waals surface area (Å²) in [6, 6.07) is 7.29. The Kier molecular flexibility index (Phi) is 3.98. The number of amidine groups is 1. The summed E-state index contributed by atoms with van der Waals surface area (Å²) in [5.74, 6) is 0.944. The van der Waals surface area contributed by atoms with Crippen molar-refractivity contribution in [2.24, 2.45) is 4.99 Å². The molecule has 1 aromatic carbocycles. The minimum absolute atomic E-state index is 0.119. The molecule has 2 aliphatic rings. The minimum atomic E-state index is -0.119. The quantitative estimate of drug-likeness (QED) is 0.891. The molecule has 2 aliphatic heterocycles. The van der Waals surface area contributed by atoms with E-state index in [4.69, 9.17) is 0 Å². The Balaban J connectivity index is 1.77. The van der Waals surface area contributed by atoms with E-state index in [1.807, 2.05) is 12.1 Å². The summed E-state index contributed by atoms with van der Waals surface area (Å²) in [5.41, 5.74) is 0.764. The molecule has 0 amide bonds. The summed E-state index contributed by atoms with van der Waals surface area (Å²) in [6.07, 6.45) is 0. The average molecular weight is 276 g/mol. The zero-order valence-electron chi connectivity index (χ0n) is 11.8. The molecule has 1 fully saturated rings. The molecule has 1 N–H and O–H groups in total. The van der Waals surface area contributed by atoms with E-state index in [9.17, 15) is 4.39 Å². The Morgan fingerprint density at radius 3 is 2.95 bits per heavy atom. The van der Waals surface area contributed by atoms with E-state index in [2.05, 4.69) is 27.2 Å². The van der Waals surface area contributed by atoms with Gasteiger partial charge in [-0.3, -0.25) is 9.89 Å². The molecule has 20 heavy (non-hydrogen) atoms. The Morgan fingerprint density at radius 2 is 2.20 bits per heavy atom. The van der Waals surface area contributed by atoms with Crippen LogP contribution in [0.25, 0.3) is 0 Å². The van der Waals surface area contributed by atoms with Crippen molar-refractivity contribution in [1.82, 2.24) is 15.1 Å². The molecule has 108 valence electrons. The van der Waals surface area contributed by atoms with E-state index in [0.717, 1.165) is 44.1 Å². The fourth-order valence-electron chi connectivity index (χ4n) is 2.89. The normalized spacial score (nSPS) is 24.5. The lowest BCUT2D eigenvalue weighted by Crippen LogP contribution is -2.57. The van der Waals surface area contributed by atoms with Gasteiger partial charge in [0.25, 0.3) is 0 Å². The van der Waals surface area contributed by atoms with Crippen molar-refractivity contribution >= 4 is 5.84 Å². The first-order valence-corrected chi connectivity index (χ1v) is 7.18. The van der Waals surface area contributed by atoms with Gasteiger partial charge >= 0.3 is 0 Å². The summed E-state index contributed by atoms with van der Waals surface area (Å²) in [5, 5.41) is 3.37. The highest BCUT2D eigenvalue weighted by molar-refractivity contribution is 5.89. The van der Waals surface area contributed by atoms with Crippen LogP contribution in [0.3, 0.4) is 0 Å². The van der Waals surface area contributed by atoms with Crippen LogP contribution in [0.5, 0.6) is 0 Å². The van der Waals surface area contributed by atoms with Gasteiger partial charge in [0.2, 0.25) is 0 Å². The second-order valence-electron chi connectivity index (χ2n) is 5.53. The van der Waals surface area contributed by atoms with Crippen molar-refractivity contribution in [3.05, 3.63) is 35.6 Å². The molecule has 5 heteroatoms. The van der Waals surface area contributed by atoms with Gasteiger partial charge in [-0.25, -0.2) is 4.39 Å². The van der Waals surface area contributed by atoms with Crippen molar-refractivity contribution in [2.45, 2.75) is 12.6 Å². The van der Waals surface area contributed by atoms with Crippen LogP contribution >= 0.6 is 0 Å². The number of hydrogen-bond acceptors (Lipinski definition) is 4. The Bertz CT molecular complexity index is 502. The number of piperazine rings is 1. The van der Waals surface area contributed by atoms with Crippen LogP contribution in [0.2, 0.25) is 0 Å². The molecule has 0 aromatic heterocycles. The van der Waals surface area contributed by atoms with E-state index in [0.29, 0.717) is 6.54 Å². The van der Waals surface area contributed by atoms with Crippen molar-refractivity contribution < 1.29 is 4.39 Å². The lowest BCUT2D eigenvalue weighted by Gasteiger charge is -2.40. The van der Waals surface area contributed by atoms with Crippen molar-refractivity contribution in [3.8, 4) is 0 Å². The van der Waals surface area contributed by atoms with Gasteiger partial charge in [0.1, 0.15) is 11.7 Å². The predicted molar refractivity (Wildman–Crippen MR) is 78.4 cm³/mol. The van der Waals surface area contributed by atoms with Crippen LogP contribution in [0.1, 0.15) is 5.56 Å². The van der Waals surface area contributed by atoms with Crippen molar-refractivity contribution in [2.75, 3.05) is 39.8 Å². The first kappa shape index (κ1) is 13.5. The first-order chi connectivity index (χ1) is 9.74. The van der Waals surface area contributed by atoms with Crippen molar-refractivity contribution in [1.29, 1.82) is 0 Å². The fraction of sp³-hybridized carbons (Fsp3) is 0.533. The Hall–Kier alpha value is -1.46. The van der Waals surface area contributed by atoms with Gasteiger partial charge in [-0.05, 0) is 13.1 Å². The summed E-state index contributed by atoms with van der Waals surface area (Å²) in [4.78, 5) is 9.19. The molecule has 1 aromatic rings. The molecule has 0 radical (unpaired) electrons. The van der Waals surface area contributed by atoms with Gasteiger partial charge in [0.05, 0.1) is 12.6 Å². The first-order valence-electron chi connectivity index (χ1n) is 7.18. The largest absolute Gasteiger partial charge is 0.371 e. The average Bonchev–Trinajstić information content (AvgIpc) is 2.97.